The van der Waals surface area contributed by atoms with Gasteiger partial charge in [0.15, 0.2) is 0 Å². The van der Waals surface area contributed by atoms with Crippen molar-refractivity contribution in [1.29, 1.82) is 0 Å². The summed E-state index contributed by atoms with van der Waals surface area (Å²) in [4.78, 5) is 12.0. The Morgan fingerprint density at radius 1 is 0.875 bits per heavy atom. The first-order chi connectivity index (χ1) is 15.5. The van der Waals surface area contributed by atoms with E-state index in [0.29, 0.717) is 5.57 Å². The van der Waals surface area contributed by atoms with Crippen molar-refractivity contribution in [3.63, 3.8) is 0 Å². The highest BCUT2D eigenvalue weighted by Crippen LogP contribution is 2.30. The molecule has 1 N–H and O–H groups in total. The van der Waals surface area contributed by atoms with Crippen molar-refractivity contribution in [2.24, 2.45) is 0 Å². The molecular formula is C29H32O3. The summed E-state index contributed by atoms with van der Waals surface area (Å²) in [5.74, 6) is -0.395. The molecule has 0 radical (unpaired) electrons. The monoisotopic (exact) mass is 428 g/mol. The second-order valence-electron chi connectivity index (χ2n) is 8.24. The minimum atomic E-state index is -0.395. The lowest BCUT2D eigenvalue weighted by Crippen LogP contribution is -2.06. The van der Waals surface area contributed by atoms with Crippen molar-refractivity contribution in [2.45, 2.75) is 52.7 Å². The molecule has 0 heterocycles. The summed E-state index contributed by atoms with van der Waals surface area (Å²) >= 11 is 0. The second-order valence-corrected chi connectivity index (χ2v) is 8.24. The summed E-state index contributed by atoms with van der Waals surface area (Å²) in [7, 11) is 0. The van der Waals surface area contributed by atoms with Crippen LogP contribution in [-0.2, 0) is 29.2 Å². The van der Waals surface area contributed by atoms with Gasteiger partial charge in [0.25, 0.3) is 0 Å². The number of unbranched alkanes of at least 4 members (excludes halogenated alkanes) is 2. The Hall–Kier alpha value is -3.17. The van der Waals surface area contributed by atoms with E-state index in [-0.39, 0.29) is 13.2 Å². The average molecular weight is 429 g/mol. The van der Waals surface area contributed by atoms with E-state index in [4.69, 9.17) is 4.74 Å². The van der Waals surface area contributed by atoms with Crippen LogP contribution in [0.2, 0.25) is 0 Å². The normalized spacial score (nSPS) is 10.7. The Morgan fingerprint density at radius 3 is 2.12 bits per heavy atom. The Labute approximate surface area is 191 Å². The zero-order chi connectivity index (χ0) is 22.9. The van der Waals surface area contributed by atoms with Crippen molar-refractivity contribution in [3.05, 3.63) is 95.6 Å². The van der Waals surface area contributed by atoms with Crippen molar-refractivity contribution in [3.8, 4) is 22.3 Å². The molecule has 0 aromatic heterocycles. The number of hydrogen-bond donors (Lipinski definition) is 1. The molecule has 0 spiro atoms. The molecule has 0 aliphatic rings. The minimum absolute atomic E-state index is 0.0107. The fraction of sp³-hybridized carbons (Fsp3) is 0.276. The first-order valence-corrected chi connectivity index (χ1v) is 11.3. The predicted octanol–water partition coefficient (Wildman–Crippen LogP) is 6.86. The number of hydrogen-bond acceptors (Lipinski definition) is 3. The third-order valence-corrected chi connectivity index (χ3v) is 5.62. The quantitative estimate of drug-likeness (QED) is 0.218. The number of esters is 1. The number of aliphatic hydroxyl groups is 1. The highest BCUT2D eigenvalue weighted by molar-refractivity contribution is 5.87. The number of aryl methyl sites for hydroxylation is 1. The molecule has 0 amide bonds. The maximum Gasteiger partial charge on any atom is 0.333 e. The number of benzene rings is 3. The fourth-order valence-electron chi connectivity index (χ4n) is 3.67. The molecule has 0 unspecified atom stereocenters. The van der Waals surface area contributed by atoms with Gasteiger partial charge in [-0.1, -0.05) is 87.0 Å². The Kier molecular flexibility index (Phi) is 8.41. The lowest BCUT2D eigenvalue weighted by atomic mass is 9.94. The molecular weight excluding hydrogens is 396 g/mol. The molecule has 0 saturated carbocycles. The van der Waals surface area contributed by atoms with E-state index in [1.54, 1.807) is 6.92 Å². The molecule has 3 rings (SSSR count). The SMILES string of the molecule is C=C(C)C(=O)OCc1cc(-c2ccc(CCCCC)cc2)ccc1-c1ccc(CO)cc1. The first kappa shape index (κ1) is 23.5. The largest absolute Gasteiger partial charge is 0.457 e. The van der Waals surface area contributed by atoms with E-state index in [0.717, 1.165) is 39.8 Å². The lowest BCUT2D eigenvalue weighted by molar-refractivity contribution is -0.140. The highest BCUT2D eigenvalue weighted by Gasteiger charge is 2.11. The summed E-state index contributed by atoms with van der Waals surface area (Å²) < 4.78 is 5.48. The van der Waals surface area contributed by atoms with E-state index in [1.165, 1.54) is 24.8 Å². The van der Waals surface area contributed by atoms with Gasteiger partial charge in [-0.25, -0.2) is 4.79 Å². The Morgan fingerprint density at radius 2 is 1.50 bits per heavy atom. The van der Waals surface area contributed by atoms with Crippen LogP contribution in [-0.4, -0.2) is 11.1 Å². The van der Waals surface area contributed by atoms with Gasteiger partial charge in [-0.05, 0) is 64.8 Å². The van der Waals surface area contributed by atoms with Gasteiger partial charge in [0.1, 0.15) is 6.61 Å². The molecule has 0 atom stereocenters. The zero-order valence-corrected chi connectivity index (χ0v) is 19.1. The first-order valence-electron chi connectivity index (χ1n) is 11.3. The number of aliphatic hydroxyl groups excluding tert-OH is 1. The lowest BCUT2D eigenvalue weighted by Gasteiger charge is -2.14. The maximum atomic E-state index is 12.0. The molecule has 166 valence electrons. The topological polar surface area (TPSA) is 46.5 Å². The molecule has 32 heavy (non-hydrogen) atoms. The standard InChI is InChI=1S/C29H32O3/c1-4-5-6-7-22-8-12-24(13-9-22)26-16-17-28(25-14-10-23(19-30)11-15-25)27(18-26)20-32-29(31)21(2)3/h8-18,30H,2,4-7,19-20H2,1,3H3. The van der Waals surface area contributed by atoms with Crippen LogP contribution in [0.15, 0.2) is 78.9 Å². The number of rotatable bonds is 10. The van der Waals surface area contributed by atoms with Gasteiger partial charge < -0.3 is 9.84 Å². The smallest absolute Gasteiger partial charge is 0.333 e. The van der Waals surface area contributed by atoms with Crippen LogP contribution in [0.3, 0.4) is 0 Å². The molecule has 0 saturated heterocycles. The number of carbonyl (C=O) groups is 1. The van der Waals surface area contributed by atoms with Crippen molar-refractivity contribution >= 4 is 5.97 Å². The Bertz CT molecular complexity index is 1050. The highest BCUT2D eigenvalue weighted by atomic mass is 16.5. The van der Waals surface area contributed by atoms with E-state index in [2.05, 4.69) is 56.0 Å². The van der Waals surface area contributed by atoms with Gasteiger partial charge in [-0.2, -0.15) is 0 Å². The van der Waals surface area contributed by atoms with Gasteiger partial charge >= 0.3 is 5.97 Å². The van der Waals surface area contributed by atoms with Gasteiger partial charge in [0, 0.05) is 5.57 Å². The summed E-state index contributed by atoms with van der Waals surface area (Å²) in [5, 5.41) is 9.33. The molecule has 0 aliphatic heterocycles. The molecule has 3 heteroatoms. The summed E-state index contributed by atoms with van der Waals surface area (Å²) in [6.45, 7) is 7.72. The van der Waals surface area contributed by atoms with Crippen LogP contribution in [0.5, 0.6) is 0 Å². The van der Waals surface area contributed by atoms with E-state index >= 15 is 0 Å². The van der Waals surface area contributed by atoms with Crippen LogP contribution in [0.4, 0.5) is 0 Å². The van der Waals surface area contributed by atoms with E-state index < -0.39 is 5.97 Å². The summed E-state index contributed by atoms with van der Waals surface area (Å²) in [5.41, 5.74) is 7.78. The van der Waals surface area contributed by atoms with Crippen LogP contribution in [0, 0.1) is 0 Å². The van der Waals surface area contributed by atoms with Crippen LogP contribution < -0.4 is 0 Å². The molecule has 3 aromatic carbocycles. The predicted molar refractivity (Wildman–Crippen MR) is 131 cm³/mol. The summed E-state index contributed by atoms with van der Waals surface area (Å²) in [6, 6.07) is 22.8. The Balaban J connectivity index is 1.90. The van der Waals surface area contributed by atoms with Crippen LogP contribution >= 0.6 is 0 Å². The molecule has 0 fully saturated rings. The maximum absolute atomic E-state index is 12.0. The molecule has 3 nitrogen and oxygen atoms in total. The summed E-state index contributed by atoms with van der Waals surface area (Å²) in [6.07, 6.45) is 4.82. The van der Waals surface area contributed by atoms with Gasteiger partial charge in [-0.3, -0.25) is 0 Å². The van der Waals surface area contributed by atoms with Crippen molar-refractivity contribution < 1.29 is 14.6 Å². The number of carbonyl (C=O) groups excluding carboxylic acids is 1. The third kappa shape index (κ3) is 6.18. The number of ether oxygens (including phenoxy) is 1. The second kappa shape index (κ2) is 11.4. The van der Waals surface area contributed by atoms with Crippen LogP contribution in [0.25, 0.3) is 22.3 Å². The van der Waals surface area contributed by atoms with E-state index in [1.807, 2.05) is 24.3 Å². The van der Waals surface area contributed by atoms with E-state index in [9.17, 15) is 9.90 Å². The molecule has 3 aromatic rings. The van der Waals surface area contributed by atoms with Crippen LogP contribution in [0.1, 0.15) is 49.8 Å². The molecule has 0 bridgehead atoms. The fourth-order valence-corrected chi connectivity index (χ4v) is 3.67. The van der Waals surface area contributed by atoms with Crippen molar-refractivity contribution in [2.75, 3.05) is 0 Å². The zero-order valence-electron chi connectivity index (χ0n) is 19.1. The van der Waals surface area contributed by atoms with Gasteiger partial charge in [0.2, 0.25) is 0 Å². The van der Waals surface area contributed by atoms with Gasteiger partial charge in [-0.15, -0.1) is 0 Å². The average Bonchev–Trinajstić information content (AvgIpc) is 2.83. The van der Waals surface area contributed by atoms with Gasteiger partial charge in [0.05, 0.1) is 6.61 Å². The van der Waals surface area contributed by atoms with Crippen molar-refractivity contribution in [1.82, 2.24) is 0 Å². The molecule has 0 aliphatic carbocycles. The third-order valence-electron chi connectivity index (χ3n) is 5.62. The minimum Gasteiger partial charge on any atom is -0.457 e.